The SMILES string of the molecule is CC(CN(C)Cc1cc(Br)cs1)C(O)c1ccccc1. The molecule has 4 heteroatoms. The van der Waals surface area contributed by atoms with E-state index < -0.39 is 6.10 Å². The zero-order chi connectivity index (χ0) is 14.5. The van der Waals surface area contributed by atoms with Gasteiger partial charge in [-0.3, -0.25) is 0 Å². The highest BCUT2D eigenvalue weighted by molar-refractivity contribution is 9.10. The Bertz CT molecular complexity index is 528. The first-order valence-electron chi connectivity index (χ1n) is 6.70. The molecule has 1 aromatic heterocycles. The molecule has 20 heavy (non-hydrogen) atoms. The molecule has 0 saturated heterocycles. The van der Waals surface area contributed by atoms with Gasteiger partial charge < -0.3 is 10.0 Å². The fraction of sp³-hybridized carbons (Fsp3) is 0.375. The third-order valence-corrected chi connectivity index (χ3v) is 5.01. The van der Waals surface area contributed by atoms with Crippen LogP contribution in [0.1, 0.15) is 23.5 Å². The first kappa shape index (κ1) is 15.7. The maximum Gasteiger partial charge on any atom is 0.0827 e. The zero-order valence-corrected chi connectivity index (χ0v) is 14.2. The number of rotatable bonds is 6. The molecule has 0 aliphatic heterocycles. The normalized spacial score (nSPS) is 14.4. The van der Waals surface area contributed by atoms with Crippen LogP contribution >= 0.6 is 27.3 Å². The Labute approximate surface area is 133 Å². The zero-order valence-electron chi connectivity index (χ0n) is 11.8. The first-order valence-corrected chi connectivity index (χ1v) is 8.38. The van der Waals surface area contributed by atoms with Crippen LogP contribution in [0.2, 0.25) is 0 Å². The lowest BCUT2D eigenvalue weighted by atomic mass is 9.97. The van der Waals surface area contributed by atoms with Crippen molar-refractivity contribution >= 4 is 27.3 Å². The molecule has 0 aliphatic rings. The van der Waals surface area contributed by atoms with Crippen molar-refractivity contribution in [1.29, 1.82) is 0 Å². The molecule has 0 spiro atoms. The fourth-order valence-corrected chi connectivity index (χ4v) is 3.87. The lowest BCUT2D eigenvalue weighted by molar-refractivity contribution is 0.0935. The summed E-state index contributed by atoms with van der Waals surface area (Å²) in [6.07, 6.45) is -0.409. The van der Waals surface area contributed by atoms with Crippen LogP contribution in [0.25, 0.3) is 0 Å². The highest BCUT2D eigenvalue weighted by Crippen LogP contribution is 2.24. The molecule has 2 unspecified atom stereocenters. The molecule has 2 nitrogen and oxygen atoms in total. The van der Waals surface area contributed by atoms with Crippen molar-refractivity contribution in [3.8, 4) is 0 Å². The van der Waals surface area contributed by atoms with Crippen LogP contribution in [0.5, 0.6) is 0 Å². The first-order chi connectivity index (χ1) is 9.56. The molecule has 108 valence electrons. The van der Waals surface area contributed by atoms with E-state index in [1.165, 1.54) is 4.88 Å². The summed E-state index contributed by atoms with van der Waals surface area (Å²) in [5.74, 6) is 0.200. The summed E-state index contributed by atoms with van der Waals surface area (Å²) in [5.41, 5.74) is 0.993. The topological polar surface area (TPSA) is 23.5 Å². The summed E-state index contributed by atoms with van der Waals surface area (Å²) in [6, 6.07) is 12.0. The number of aliphatic hydroxyl groups is 1. The Hall–Kier alpha value is -0.680. The molecule has 2 atom stereocenters. The van der Waals surface area contributed by atoms with Crippen LogP contribution in [0.4, 0.5) is 0 Å². The van der Waals surface area contributed by atoms with Gasteiger partial charge in [0.15, 0.2) is 0 Å². The van der Waals surface area contributed by atoms with Crippen molar-refractivity contribution in [2.75, 3.05) is 13.6 Å². The van der Waals surface area contributed by atoms with Crippen LogP contribution in [-0.2, 0) is 6.54 Å². The van der Waals surface area contributed by atoms with E-state index in [4.69, 9.17) is 0 Å². The summed E-state index contributed by atoms with van der Waals surface area (Å²) in [4.78, 5) is 3.59. The minimum absolute atomic E-state index is 0.200. The van der Waals surface area contributed by atoms with E-state index in [0.29, 0.717) is 0 Å². The highest BCUT2D eigenvalue weighted by Gasteiger charge is 2.18. The molecular weight excluding hydrogens is 334 g/mol. The Kier molecular flexibility index (Phi) is 5.78. The molecule has 1 heterocycles. The van der Waals surface area contributed by atoms with Gasteiger partial charge in [0.1, 0.15) is 0 Å². The second kappa shape index (κ2) is 7.36. The quantitative estimate of drug-likeness (QED) is 0.836. The van der Waals surface area contributed by atoms with Crippen molar-refractivity contribution in [3.63, 3.8) is 0 Å². The monoisotopic (exact) mass is 353 g/mol. The summed E-state index contributed by atoms with van der Waals surface area (Å²) < 4.78 is 1.14. The second-order valence-electron chi connectivity index (χ2n) is 5.26. The number of halogens is 1. The third kappa shape index (κ3) is 4.42. The molecule has 0 fully saturated rings. The van der Waals surface area contributed by atoms with Gasteiger partial charge in [-0.25, -0.2) is 0 Å². The fourth-order valence-electron chi connectivity index (χ4n) is 2.34. The Morgan fingerprint density at radius 1 is 1.30 bits per heavy atom. The average Bonchev–Trinajstić information content (AvgIpc) is 2.84. The summed E-state index contributed by atoms with van der Waals surface area (Å²) in [7, 11) is 2.10. The van der Waals surface area contributed by atoms with E-state index in [1.807, 2.05) is 30.3 Å². The number of hydrogen-bond acceptors (Lipinski definition) is 3. The molecule has 0 saturated carbocycles. The predicted octanol–water partition coefficient (Wildman–Crippen LogP) is 4.31. The van der Waals surface area contributed by atoms with Crippen molar-refractivity contribution in [2.45, 2.75) is 19.6 Å². The second-order valence-corrected chi connectivity index (χ2v) is 7.17. The standard InChI is InChI=1S/C16H20BrNOS/c1-12(16(19)13-6-4-3-5-7-13)9-18(2)10-15-8-14(17)11-20-15/h3-8,11-12,16,19H,9-10H2,1-2H3. The van der Waals surface area contributed by atoms with E-state index in [-0.39, 0.29) is 5.92 Å². The molecule has 2 aromatic rings. The highest BCUT2D eigenvalue weighted by atomic mass is 79.9. The Morgan fingerprint density at radius 2 is 2.00 bits per heavy atom. The summed E-state index contributed by atoms with van der Waals surface area (Å²) >= 11 is 5.24. The van der Waals surface area contributed by atoms with Gasteiger partial charge in [-0.2, -0.15) is 0 Å². The number of hydrogen-bond donors (Lipinski definition) is 1. The molecular formula is C16H20BrNOS. The number of nitrogens with zero attached hydrogens (tertiary/aromatic N) is 1. The molecule has 0 radical (unpaired) electrons. The van der Waals surface area contributed by atoms with Gasteiger partial charge in [0.25, 0.3) is 0 Å². The van der Waals surface area contributed by atoms with Crippen LogP contribution in [-0.4, -0.2) is 23.6 Å². The Balaban J connectivity index is 1.88. The van der Waals surface area contributed by atoms with Gasteiger partial charge in [0, 0.05) is 27.8 Å². The summed E-state index contributed by atoms with van der Waals surface area (Å²) in [5, 5.41) is 12.5. The lowest BCUT2D eigenvalue weighted by Crippen LogP contribution is -2.27. The molecule has 0 bridgehead atoms. The van der Waals surface area contributed by atoms with Crippen molar-refractivity contribution in [3.05, 3.63) is 56.7 Å². The van der Waals surface area contributed by atoms with Gasteiger partial charge in [-0.05, 0) is 40.5 Å². The average molecular weight is 354 g/mol. The minimum Gasteiger partial charge on any atom is -0.388 e. The number of thiophene rings is 1. The van der Waals surface area contributed by atoms with Crippen LogP contribution in [0, 0.1) is 5.92 Å². The molecule has 2 rings (SSSR count). The van der Waals surface area contributed by atoms with Crippen LogP contribution < -0.4 is 0 Å². The van der Waals surface area contributed by atoms with Crippen molar-refractivity contribution in [1.82, 2.24) is 4.90 Å². The van der Waals surface area contributed by atoms with Gasteiger partial charge in [0.2, 0.25) is 0 Å². The largest absolute Gasteiger partial charge is 0.388 e. The van der Waals surface area contributed by atoms with E-state index in [0.717, 1.165) is 23.1 Å². The van der Waals surface area contributed by atoms with Crippen molar-refractivity contribution < 1.29 is 5.11 Å². The summed E-state index contributed by atoms with van der Waals surface area (Å²) in [6.45, 7) is 3.88. The number of benzene rings is 1. The van der Waals surface area contributed by atoms with Crippen LogP contribution in [0.15, 0.2) is 46.3 Å². The molecule has 1 aromatic carbocycles. The molecule has 1 N–H and O–H groups in total. The maximum absolute atomic E-state index is 10.4. The number of aliphatic hydroxyl groups excluding tert-OH is 1. The van der Waals surface area contributed by atoms with Crippen LogP contribution in [0.3, 0.4) is 0 Å². The third-order valence-electron chi connectivity index (χ3n) is 3.33. The van der Waals surface area contributed by atoms with E-state index in [9.17, 15) is 5.11 Å². The lowest BCUT2D eigenvalue weighted by Gasteiger charge is -2.25. The smallest absolute Gasteiger partial charge is 0.0827 e. The van der Waals surface area contributed by atoms with Gasteiger partial charge in [0.05, 0.1) is 6.10 Å². The van der Waals surface area contributed by atoms with Crippen molar-refractivity contribution in [2.24, 2.45) is 5.92 Å². The van der Waals surface area contributed by atoms with Gasteiger partial charge in [-0.1, -0.05) is 37.3 Å². The maximum atomic E-state index is 10.4. The molecule has 0 amide bonds. The predicted molar refractivity (Wildman–Crippen MR) is 88.9 cm³/mol. The van der Waals surface area contributed by atoms with E-state index in [1.54, 1.807) is 11.3 Å². The van der Waals surface area contributed by atoms with E-state index in [2.05, 4.69) is 46.2 Å². The Morgan fingerprint density at radius 3 is 2.60 bits per heavy atom. The van der Waals surface area contributed by atoms with Gasteiger partial charge in [-0.15, -0.1) is 11.3 Å². The van der Waals surface area contributed by atoms with Gasteiger partial charge >= 0.3 is 0 Å². The molecule has 0 aliphatic carbocycles. The van der Waals surface area contributed by atoms with E-state index >= 15 is 0 Å². The minimum atomic E-state index is -0.409.